The lowest BCUT2D eigenvalue weighted by molar-refractivity contribution is -0.0586. The van der Waals surface area contributed by atoms with Gasteiger partial charge in [0.25, 0.3) is 0 Å². The van der Waals surface area contributed by atoms with E-state index in [1.165, 1.54) is 5.56 Å². The van der Waals surface area contributed by atoms with Crippen LogP contribution in [0, 0.1) is 0 Å². The van der Waals surface area contributed by atoms with E-state index < -0.39 is 0 Å². The van der Waals surface area contributed by atoms with Gasteiger partial charge in [-0.05, 0) is 44.0 Å². The van der Waals surface area contributed by atoms with E-state index in [0.29, 0.717) is 18.7 Å². The van der Waals surface area contributed by atoms with E-state index >= 15 is 0 Å². The van der Waals surface area contributed by atoms with Crippen molar-refractivity contribution in [3.8, 4) is 5.75 Å². The normalized spacial score (nSPS) is 23.2. The molecule has 21 heavy (non-hydrogen) atoms. The van der Waals surface area contributed by atoms with Gasteiger partial charge in [-0.25, -0.2) is 0 Å². The zero-order chi connectivity index (χ0) is 15.1. The molecule has 2 N–H and O–H groups in total. The summed E-state index contributed by atoms with van der Waals surface area (Å²) in [6, 6.07) is 8.77. The Hall–Kier alpha value is -1.10. The van der Waals surface area contributed by atoms with Crippen molar-refractivity contribution < 1.29 is 9.47 Å². The van der Waals surface area contributed by atoms with Crippen LogP contribution in [0.3, 0.4) is 0 Å². The molecule has 1 aromatic carbocycles. The number of nitrogens with zero attached hydrogens (tertiary/aromatic N) is 1. The van der Waals surface area contributed by atoms with Gasteiger partial charge in [0.1, 0.15) is 12.4 Å². The molecule has 118 valence electrons. The highest BCUT2D eigenvalue weighted by molar-refractivity contribution is 5.27. The first-order chi connectivity index (χ1) is 10.2. The van der Waals surface area contributed by atoms with Crippen LogP contribution in [0.2, 0.25) is 0 Å². The average molecular weight is 292 g/mol. The Morgan fingerprint density at radius 1 is 1.33 bits per heavy atom. The standard InChI is InChI=1S/C17H28N2O2/c1-3-16-13-21-14(2)12-19(16)10-11-20-17-6-4-15(5-7-17)8-9-18/h4-7,14,16H,3,8-13,18H2,1-2H3. The second kappa shape index (κ2) is 8.37. The van der Waals surface area contributed by atoms with Gasteiger partial charge in [0.15, 0.2) is 0 Å². The quantitative estimate of drug-likeness (QED) is 0.836. The van der Waals surface area contributed by atoms with Gasteiger partial charge >= 0.3 is 0 Å². The molecule has 1 saturated heterocycles. The van der Waals surface area contributed by atoms with E-state index in [2.05, 4.69) is 30.9 Å². The first-order valence-electron chi connectivity index (χ1n) is 8.00. The fraction of sp³-hybridized carbons (Fsp3) is 0.647. The molecular weight excluding hydrogens is 264 g/mol. The second-order valence-corrected chi connectivity index (χ2v) is 5.73. The third-order valence-corrected chi connectivity index (χ3v) is 4.06. The molecule has 0 bridgehead atoms. The van der Waals surface area contributed by atoms with Crippen LogP contribution in [-0.2, 0) is 11.2 Å². The maximum atomic E-state index is 5.86. The summed E-state index contributed by atoms with van der Waals surface area (Å²) in [5, 5.41) is 0. The number of ether oxygens (including phenoxy) is 2. The number of benzene rings is 1. The van der Waals surface area contributed by atoms with Crippen molar-refractivity contribution in [3.63, 3.8) is 0 Å². The minimum Gasteiger partial charge on any atom is -0.492 e. The Balaban J connectivity index is 1.77. The van der Waals surface area contributed by atoms with Crippen molar-refractivity contribution in [2.24, 2.45) is 5.73 Å². The first kappa shape index (κ1) is 16.3. The molecule has 1 heterocycles. The second-order valence-electron chi connectivity index (χ2n) is 5.73. The van der Waals surface area contributed by atoms with E-state index in [9.17, 15) is 0 Å². The molecule has 2 atom stereocenters. The highest BCUT2D eigenvalue weighted by atomic mass is 16.5. The van der Waals surface area contributed by atoms with Crippen LogP contribution < -0.4 is 10.5 Å². The van der Waals surface area contributed by atoms with E-state index in [1.54, 1.807) is 0 Å². The number of nitrogens with two attached hydrogens (primary N) is 1. The van der Waals surface area contributed by atoms with Gasteiger partial charge in [0, 0.05) is 19.1 Å². The lowest BCUT2D eigenvalue weighted by Crippen LogP contribution is -2.49. The molecule has 1 aliphatic rings. The topological polar surface area (TPSA) is 47.7 Å². The lowest BCUT2D eigenvalue weighted by atomic mass is 10.1. The highest BCUT2D eigenvalue weighted by Crippen LogP contribution is 2.15. The average Bonchev–Trinajstić information content (AvgIpc) is 2.50. The molecule has 0 aliphatic carbocycles. The summed E-state index contributed by atoms with van der Waals surface area (Å²) >= 11 is 0. The van der Waals surface area contributed by atoms with Crippen LogP contribution in [-0.4, -0.2) is 49.9 Å². The summed E-state index contributed by atoms with van der Waals surface area (Å²) in [6.45, 7) is 8.55. The minimum absolute atomic E-state index is 0.323. The molecule has 0 spiro atoms. The van der Waals surface area contributed by atoms with E-state index in [0.717, 1.165) is 44.9 Å². The Morgan fingerprint density at radius 2 is 2.10 bits per heavy atom. The van der Waals surface area contributed by atoms with Crippen molar-refractivity contribution in [1.29, 1.82) is 0 Å². The minimum atomic E-state index is 0.323. The van der Waals surface area contributed by atoms with Crippen molar-refractivity contribution in [1.82, 2.24) is 4.90 Å². The van der Waals surface area contributed by atoms with E-state index in [-0.39, 0.29) is 0 Å². The Bertz CT molecular complexity index is 408. The van der Waals surface area contributed by atoms with Crippen LogP contribution >= 0.6 is 0 Å². The SMILES string of the molecule is CCC1COC(C)CN1CCOc1ccc(CCN)cc1. The van der Waals surface area contributed by atoms with Crippen LogP contribution in [0.15, 0.2) is 24.3 Å². The van der Waals surface area contributed by atoms with Crippen molar-refractivity contribution in [2.75, 3.05) is 32.8 Å². The molecule has 2 rings (SSSR count). The largest absolute Gasteiger partial charge is 0.492 e. The molecule has 1 aromatic rings. The number of rotatable bonds is 7. The summed E-state index contributed by atoms with van der Waals surface area (Å²) in [7, 11) is 0. The summed E-state index contributed by atoms with van der Waals surface area (Å²) in [5.41, 5.74) is 6.81. The van der Waals surface area contributed by atoms with Crippen molar-refractivity contribution in [3.05, 3.63) is 29.8 Å². The molecular formula is C17H28N2O2. The fourth-order valence-electron chi connectivity index (χ4n) is 2.76. The van der Waals surface area contributed by atoms with Gasteiger partial charge in [-0.1, -0.05) is 19.1 Å². The number of morpholine rings is 1. The van der Waals surface area contributed by atoms with Gasteiger partial charge in [-0.15, -0.1) is 0 Å². The predicted octanol–water partition coefficient (Wildman–Crippen LogP) is 2.07. The number of hydrogen-bond donors (Lipinski definition) is 1. The first-order valence-corrected chi connectivity index (χ1v) is 8.00. The number of hydrogen-bond acceptors (Lipinski definition) is 4. The maximum Gasteiger partial charge on any atom is 0.119 e. The Morgan fingerprint density at radius 3 is 2.76 bits per heavy atom. The molecule has 0 saturated carbocycles. The molecule has 0 aromatic heterocycles. The van der Waals surface area contributed by atoms with Gasteiger partial charge < -0.3 is 15.2 Å². The van der Waals surface area contributed by atoms with Gasteiger partial charge in [0.05, 0.1) is 12.7 Å². The summed E-state index contributed by atoms with van der Waals surface area (Å²) in [4.78, 5) is 2.48. The lowest BCUT2D eigenvalue weighted by Gasteiger charge is -2.38. The molecule has 2 unspecified atom stereocenters. The predicted molar refractivity (Wildman–Crippen MR) is 85.8 cm³/mol. The molecule has 0 radical (unpaired) electrons. The van der Waals surface area contributed by atoms with Crippen LogP contribution in [0.1, 0.15) is 25.8 Å². The molecule has 4 nitrogen and oxygen atoms in total. The Labute approximate surface area is 128 Å². The third-order valence-electron chi connectivity index (χ3n) is 4.06. The molecule has 4 heteroatoms. The zero-order valence-corrected chi connectivity index (χ0v) is 13.3. The van der Waals surface area contributed by atoms with E-state index in [4.69, 9.17) is 15.2 Å². The monoisotopic (exact) mass is 292 g/mol. The molecule has 0 amide bonds. The van der Waals surface area contributed by atoms with Crippen molar-refractivity contribution >= 4 is 0 Å². The summed E-state index contributed by atoms with van der Waals surface area (Å²) in [6.07, 6.45) is 2.37. The molecule has 1 aliphatic heterocycles. The summed E-state index contributed by atoms with van der Waals surface area (Å²) < 4.78 is 11.6. The fourth-order valence-corrected chi connectivity index (χ4v) is 2.76. The van der Waals surface area contributed by atoms with Crippen LogP contribution in [0.5, 0.6) is 5.75 Å². The van der Waals surface area contributed by atoms with Crippen LogP contribution in [0.25, 0.3) is 0 Å². The maximum absolute atomic E-state index is 5.86. The van der Waals surface area contributed by atoms with Crippen LogP contribution in [0.4, 0.5) is 0 Å². The third kappa shape index (κ3) is 4.99. The smallest absolute Gasteiger partial charge is 0.119 e. The summed E-state index contributed by atoms with van der Waals surface area (Å²) in [5.74, 6) is 0.935. The highest BCUT2D eigenvalue weighted by Gasteiger charge is 2.24. The van der Waals surface area contributed by atoms with Gasteiger partial charge in [-0.2, -0.15) is 0 Å². The molecule has 1 fully saturated rings. The van der Waals surface area contributed by atoms with Crippen molar-refractivity contribution in [2.45, 2.75) is 38.8 Å². The zero-order valence-electron chi connectivity index (χ0n) is 13.3. The van der Waals surface area contributed by atoms with E-state index in [1.807, 2.05) is 12.1 Å². The van der Waals surface area contributed by atoms with Gasteiger partial charge in [0.2, 0.25) is 0 Å². The Kier molecular flexibility index (Phi) is 6.49. The van der Waals surface area contributed by atoms with Gasteiger partial charge in [-0.3, -0.25) is 4.90 Å².